The van der Waals surface area contributed by atoms with Gasteiger partial charge in [0.15, 0.2) is 0 Å². The summed E-state index contributed by atoms with van der Waals surface area (Å²) in [5.74, 6) is -0.0355. The third-order valence-electron chi connectivity index (χ3n) is 2.26. The van der Waals surface area contributed by atoms with E-state index in [1.807, 2.05) is 20.8 Å². The normalized spacial score (nSPS) is 12.8. The van der Waals surface area contributed by atoms with Gasteiger partial charge in [0.2, 0.25) is 5.91 Å². The van der Waals surface area contributed by atoms with Crippen LogP contribution in [0.4, 0.5) is 0 Å². The lowest BCUT2D eigenvalue weighted by molar-refractivity contribution is -0.122. The average molecular weight is 230 g/mol. The molecule has 0 aliphatic carbocycles. The smallest absolute Gasteiger partial charge is 0.236 e. The van der Waals surface area contributed by atoms with Crippen molar-refractivity contribution >= 4 is 5.91 Å². The maximum Gasteiger partial charge on any atom is 0.236 e. The highest BCUT2D eigenvalue weighted by molar-refractivity contribution is 5.81. The van der Waals surface area contributed by atoms with Gasteiger partial charge in [-0.05, 0) is 33.1 Å². The van der Waals surface area contributed by atoms with Crippen molar-refractivity contribution < 1.29 is 9.53 Å². The van der Waals surface area contributed by atoms with Gasteiger partial charge in [-0.1, -0.05) is 13.3 Å². The van der Waals surface area contributed by atoms with Gasteiger partial charge in [-0.25, -0.2) is 0 Å². The third kappa shape index (κ3) is 8.68. The number of nitrogens with two attached hydrogens (primary N) is 1. The van der Waals surface area contributed by atoms with Gasteiger partial charge in [-0.3, -0.25) is 4.79 Å². The minimum absolute atomic E-state index is 0.0355. The molecule has 3 N–H and O–H groups in total. The molecule has 0 rings (SSSR count). The molecule has 0 aliphatic rings. The fraction of sp³-hybridized carbons (Fsp3) is 0.917. The van der Waals surface area contributed by atoms with E-state index in [0.29, 0.717) is 6.54 Å². The van der Waals surface area contributed by atoms with E-state index < -0.39 is 0 Å². The molecule has 0 aliphatic heterocycles. The third-order valence-corrected chi connectivity index (χ3v) is 2.26. The maximum atomic E-state index is 11.4. The molecular weight excluding hydrogens is 204 g/mol. The Kier molecular flexibility index (Phi) is 9.24. The molecular formula is C12H26N2O2. The molecule has 0 unspecified atom stereocenters. The molecule has 0 aromatic heterocycles. The molecule has 0 heterocycles. The first-order valence-corrected chi connectivity index (χ1v) is 6.22. The Morgan fingerprint density at radius 3 is 2.62 bits per heavy atom. The molecule has 1 atom stereocenters. The standard InChI is InChI=1S/C12H26N2O2/c1-4-7-11(13)12(15)14-8-5-6-9-16-10(2)3/h10-11H,4-9,13H2,1-3H3,(H,14,15)/t11-/m1/s1. The van der Waals surface area contributed by atoms with Crippen LogP contribution >= 0.6 is 0 Å². The largest absolute Gasteiger partial charge is 0.379 e. The van der Waals surface area contributed by atoms with E-state index in [-0.39, 0.29) is 18.1 Å². The molecule has 1 amide bonds. The first-order chi connectivity index (χ1) is 7.57. The summed E-state index contributed by atoms with van der Waals surface area (Å²) in [6.45, 7) is 7.51. The molecule has 0 aromatic rings. The second-order valence-corrected chi connectivity index (χ2v) is 4.31. The van der Waals surface area contributed by atoms with Crippen LogP contribution in [0, 0.1) is 0 Å². The van der Waals surface area contributed by atoms with Crippen molar-refractivity contribution in [2.45, 2.75) is 58.6 Å². The summed E-state index contributed by atoms with van der Waals surface area (Å²) in [5, 5.41) is 2.84. The number of rotatable bonds is 9. The Morgan fingerprint density at radius 2 is 2.06 bits per heavy atom. The second kappa shape index (κ2) is 9.60. The van der Waals surface area contributed by atoms with Crippen LogP contribution in [-0.4, -0.2) is 31.2 Å². The number of unbranched alkanes of at least 4 members (excludes halogenated alkanes) is 1. The number of nitrogens with one attached hydrogen (secondary N) is 1. The fourth-order valence-electron chi connectivity index (χ4n) is 1.33. The van der Waals surface area contributed by atoms with Gasteiger partial charge in [-0.15, -0.1) is 0 Å². The fourth-order valence-corrected chi connectivity index (χ4v) is 1.33. The lowest BCUT2D eigenvalue weighted by atomic mass is 10.1. The minimum atomic E-state index is -0.350. The second-order valence-electron chi connectivity index (χ2n) is 4.31. The van der Waals surface area contributed by atoms with E-state index in [9.17, 15) is 4.79 Å². The van der Waals surface area contributed by atoms with Gasteiger partial charge < -0.3 is 15.8 Å². The maximum absolute atomic E-state index is 11.4. The Bertz CT molecular complexity index is 184. The van der Waals surface area contributed by atoms with Crippen LogP contribution in [0.5, 0.6) is 0 Å². The molecule has 0 aromatic carbocycles. The molecule has 0 spiro atoms. The van der Waals surface area contributed by atoms with E-state index in [1.165, 1.54) is 0 Å². The van der Waals surface area contributed by atoms with Gasteiger partial charge in [-0.2, -0.15) is 0 Å². The Hall–Kier alpha value is -0.610. The van der Waals surface area contributed by atoms with Gasteiger partial charge in [0.05, 0.1) is 12.1 Å². The lowest BCUT2D eigenvalue weighted by Crippen LogP contribution is -2.40. The Balaban J connectivity index is 3.34. The van der Waals surface area contributed by atoms with Crippen LogP contribution in [0.3, 0.4) is 0 Å². The van der Waals surface area contributed by atoms with E-state index in [2.05, 4.69) is 5.32 Å². The first-order valence-electron chi connectivity index (χ1n) is 6.22. The van der Waals surface area contributed by atoms with E-state index >= 15 is 0 Å². The Morgan fingerprint density at radius 1 is 1.38 bits per heavy atom. The summed E-state index contributed by atoms with van der Waals surface area (Å²) >= 11 is 0. The lowest BCUT2D eigenvalue weighted by Gasteiger charge is -2.11. The zero-order valence-corrected chi connectivity index (χ0v) is 10.8. The Labute approximate surface area is 98.9 Å². The van der Waals surface area contributed by atoms with Crippen molar-refractivity contribution in [1.29, 1.82) is 0 Å². The molecule has 0 fully saturated rings. The van der Waals surface area contributed by atoms with Crippen molar-refractivity contribution in [3.8, 4) is 0 Å². The quantitative estimate of drug-likeness (QED) is 0.589. The number of hydrogen-bond donors (Lipinski definition) is 2. The summed E-state index contributed by atoms with van der Waals surface area (Å²) < 4.78 is 5.40. The summed E-state index contributed by atoms with van der Waals surface area (Å²) in [5.41, 5.74) is 5.67. The van der Waals surface area contributed by atoms with E-state index in [4.69, 9.17) is 10.5 Å². The highest BCUT2D eigenvalue weighted by Crippen LogP contribution is 1.95. The summed E-state index contributed by atoms with van der Waals surface area (Å²) in [6.07, 6.45) is 3.89. The number of carbonyl (C=O) groups excluding carboxylic acids is 1. The van der Waals surface area contributed by atoms with Gasteiger partial charge in [0.25, 0.3) is 0 Å². The summed E-state index contributed by atoms with van der Waals surface area (Å²) in [6, 6.07) is -0.350. The van der Waals surface area contributed by atoms with E-state index in [1.54, 1.807) is 0 Å². The van der Waals surface area contributed by atoms with Gasteiger partial charge >= 0.3 is 0 Å². The van der Waals surface area contributed by atoms with Crippen molar-refractivity contribution in [3.63, 3.8) is 0 Å². The molecule has 0 radical (unpaired) electrons. The number of hydrogen-bond acceptors (Lipinski definition) is 3. The molecule has 4 nitrogen and oxygen atoms in total. The predicted octanol–water partition coefficient (Wildman–Crippen LogP) is 1.44. The number of amides is 1. The molecule has 0 saturated carbocycles. The van der Waals surface area contributed by atoms with Crippen molar-refractivity contribution in [2.24, 2.45) is 5.73 Å². The van der Waals surface area contributed by atoms with Crippen molar-refractivity contribution in [1.82, 2.24) is 5.32 Å². The predicted molar refractivity (Wildman–Crippen MR) is 66.2 cm³/mol. The van der Waals surface area contributed by atoms with Crippen LogP contribution in [0.1, 0.15) is 46.5 Å². The van der Waals surface area contributed by atoms with Crippen LogP contribution in [0.25, 0.3) is 0 Å². The zero-order chi connectivity index (χ0) is 12.4. The number of ether oxygens (including phenoxy) is 1. The van der Waals surface area contributed by atoms with E-state index in [0.717, 1.165) is 32.3 Å². The molecule has 0 saturated heterocycles. The minimum Gasteiger partial charge on any atom is -0.379 e. The highest BCUT2D eigenvalue weighted by Gasteiger charge is 2.10. The van der Waals surface area contributed by atoms with Crippen LogP contribution in [0.15, 0.2) is 0 Å². The summed E-state index contributed by atoms with van der Waals surface area (Å²) in [4.78, 5) is 11.4. The highest BCUT2D eigenvalue weighted by atomic mass is 16.5. The number of carbonyl (C=O) groups is 1. The molecule has 0 bridgehead atoms. The SMILES string of the molecule is CCC[C@@H](N)C(=O)NCCCCOC(C)C. The summed E-state index contributed by atoms with van der Waals surface area (Å²) in [7, 11) is 0. The molecule has 4 heteroatoms. The van der Waals surface area contributed by atoms with Crippen molar-refractivity contribution in [3.05, 3.63) is 0 Å². The zero-order valence-electron chi connectivity index (χ0n) is 10.8. The van der Waals surface area contributed by atoms with Gasteiger partial charge in [0.1, 0.15) is 0 Å². The van der Waals surface area contributed by atoms with Gasteiger partial charge in [0, 0.05) is 13.2 Å². The van der Waals surface area contributed by atoms with Crippen molar-refractivity contribution in [2.75, 3.05) is 13.2 Å². The average Bonchev–Trinajstić information content (AvgIpc) is 2.22. The monoisotopic (exact) mass is 230 g/mol. The van der Waals surface area contributed by atoms with Crippen LogP contribution in [0.2, 0.25) is 0 Å². The van der Waals surface area contributed by atoms with Crippen LogP contribution < -0.4 is 11.1 Å². The topological polar surface area (TPSA) is 64.4 Å². The first kappa shape index (κ1) is 15.4. The van der Waals surface area contributed by atoms with Crippen LogP contribution in [-0.2, 0) is 9.53 Å². The molecule has 16 heavy (non-hydrogen) atoms. The molecule has 96 valence electrons.